The van der Waals surface area contributed by atoms with E-state index in [0.717, 1.165) is 24.2 Å². The van der Waals surface area contributed by atoms with Crippen molar-refractivity contribution in [2.75, 3.05) is 13.6 Å². The van der Waals surface area contributed by atoms with E-state index < -0.39 is 0 Å². The normalized spacial score (nSPS) is 20.4. The van der Waals surface area contributed by atoms with Gasteiger partial charge in [0.05, 0.1) is 5.71 Å². The van der Waals surface area contributed by atoms with Gasteiger partial charge >= 0.3 is 0 Å². The lowest BCUT2D eigenvalue weighted by atomic mass is 10.1. The van der Waals surface area contributed by atoms with Crippen LogP contribution in [0.1, 0.15) is 12.0 Å². The van der Waals surface area contributed by atoms with Crippen molar-refractivity contribution in [2.24, 2.45) is 5.16 Å². The lowest BCUT2D eigenvalue weighted by molar-refractivity contribution is 0.0866. The van der Waals surface area contributed by atoms with Crippen LogP contribution in [0.15, 0.2) is 35.5 Å². The average Bonchev–Trinajstić information content (AvgIpc) is 2.68. The summed E-state index contributed by atoms with van der Waals surface area (Å²) in [6, 6.07) is 10.2. The summed E-state index contributed by atoms with van der Waals surface area (Å²) < 4.78 is 0. The summed E-state index contributed by atoms with van der Waals surface area (Å²) in [4.78, 5) is 5.29. The Balaban J connectivity index is 2.02. The fourth-order valence-corrected chi connectivity index (χ4v) is 1.57. The zero-order valence-electron chi connectivity index (χ0n) is 8.23. The van der Waals surface area contributed by atoms with Gasteiger partial charge in [-0.25, -0.2) is 0 Å². The number of nitrogens with one attached hydrogen (secondary N) is 1. The maximum Gasteiger partial charge on any atom is 0.145 e. The Bertz CT molecular complexity index is 321. The van der Waals surface area contributed by atoms with Gasteiger partial charge in [-0.05, 0) is 12.6 Å². The highest BCUT2D eigenvalue weighted by Crippen LogP contribution is 2.15. The van der Waals surface area contributed by atoms with Crippen molar-refractivity contribution < 1.29 is 4.84 Å². The van der Waals surface area contributed by atoms with Crippen LogP contribution in [0.2, 0.25) is 0 Å². The standard InChI is InChI=1S/C11H14N2O/c1-12-8-10-7-11(13-14-10)9-5-3-2-4-6-9/h2-6,10,12H,7-8H2,1H3. The predicted molar refractivity (Wildman–Crippen MR) is 56.4 cm³/mol. The summed E-state index contributed by atoms with van der Waals surface area (Å²) in [5.74, 6) is 0. The van der Waals surface area contributed by atoms with Crippen LogP contribution in [0.4, 0.5) is 0 Å². The van der Waals surface area contributed by atoms with Gasteiger partial charge in [0.25, 0.3) is 0 Å². The molecule has 1 aliphatic rings. The molecule has 1 N–H and O–H groups in total. The maximum absolute atomic E-state index is 5.29. The monoisotopic (exact) mass is 190 g/mol. The highest BCUT2D eigenvalue weighted by atomic mass is 16.6. The van der Waals surface area contributed by atoms with Gasteiger partial charge in [0.2, 0.25) is 0 Å². The smallest absolute Gasteiger partial charge is 0.145 e. The summed E-state index contributed by atoms with van der Waals surface area (Å²) in [7, 11) is 1.92. The molecule has 3 nitrogen and oxygen atoms in total. The number of benzene rings is 1. The molecule has 1 atom stereocenters. The Morgan fingerprint density at radius 1 is 1.43 bits per heavy atom. The molecule has 1 aromatic rings. The molecule has 0 saturated carbocycles. The number of oxime groups is 1. The van der Waals surface area contributed by atoms with E-state index in [1.54, 1.807) is 0 Å². The minimum atomic E-state index is 0.190. The summed E-state index contributed by atoms with van der Waals surface area (Å²) in [6.07, 6.45) is 1.08. The Labute approximate surface area is 83.8 Å². The first-order valence-corrected chi connectivity index (χ1v) is 4.83. The largest absolute Gasteiger partial charge is 0.390 e. The lowest BCUT2D eigenvalue weighted by Crippen LogP contribution is -2.23. The fraction of sp³-hybridized carbons (Fsp3) is 0.364. The molecular formula is C11H14N2O. The van der Waals surface area contributed by atoms with Crippen molar-refractivity contribution in [1.29, 1.82) is 0 Å². The first-order valence-electron chi connectivity index (χ1n) is 4.83. The van der Waals surface area contributed by atoms with Crippen LogP contribution in [-0.2, 0) is 4.84 Å². The van der Waals surface area contributed by atoms with E-state index in [0.29, 0.717) is 0 Å². The number of hydrogen-bond acceptors (Lipinski definition) is 3. The molecule has 0 radical (unpaired) electrons. The summed E-state index contributed by atoms with van der Waals surface area (Å²) >= 11 is 0. The Morgan fingerprint density at radius 3 is 2.93 bits per heavy atom. The molecule has 3 heteroatoms. The lowest BCUT2D eigenvalue weighted by Gasteiger charge is -2.05. The van der Waals surface area contributed by atoms with Crippen LogP contribution in [-0.4, -0.2) is 25.4 Å². The zero-order chi connectivity index (χ0) is 9.80. The molecule has 0 spiro atoms. The second-order valence-corrected chi connectivity index (χ2v) is 3.39. The molecular weight excluding hydrogens is 176 g/mol. The van der Waals surface area contributed by atoms with E-state index in [-0.39, 0.29) is 6.10 Å². The van der Waals surface area contributed by atoms with Crippen LogP contribution in [0.25, 0.3) is 0 Å². The van der Waals surface area contributed by atoms with Crippen LogP contribution in [0.3, 0.4) is 0 Å². The third kappa shape index (κ3) is 1.93. The predicted octanol–water partition coefficient (Wildman–Crippen LogP) is 1.40. The van der Waals surface area contributed by atoms with Gasteiger partial charge in [0, 0.05) is 13.0 Å². The molecule has 74 valence electrons. The van der Waals surface area contributed by atoms with Crippen molar-refractivity contribution in [1.82, 2.24) is 5.32 Å². The van der Waals surface area contributed by atoms with Crippen LogP contribution < -0.4 is 5.32 Å². The number of rotatable bonds is 3. The molecule has 1 unspecified atom stereocenters. The van der Waals surface area contributed by atoms with Gasteiger partial charge in [0.1, 0.15) is 6.10 Å². The SMILES string of the molecule is CNCC1CC(c2ccccc2)=NO1. The molecule has 0 amide bonds. The van der Waals surface area contributed by atoms with E-state index >= 15 is 0 Å². The van der Waals surface area contributed by atoms with Gasteiger partial charge in [-0.1, -0.05) is 35.5 Å². The number of hydrogen-bond donors (Lipinski definition) is 1. The second kappa shape index (κ2) is 4.24. The molecule has 1 aromatic carbocycles. The van der Waals surface area contributed by atoms with Crippen LogP contribution in [0.5, 0.6) is 0 Å². The van der Waals surface area contributed by atoms with Gasteiger partial charge in [-0.2, -0.15) is 0 Å². The average molecular weight is 190 g/mol. The van der Waals surface area contributed by atoms with E-state index in [9.17, 15) is 0 Å². The van der Waals surface area contributed by atoms with Crippen LogP contribution >= 0.6 is 0 Å². The van der Waals surface area contributed by atoms with Gasteiger partial charge < -0.3 is 10.2 Å². The van der Waals surface area contributed by atoms with Crippen LogP contribution in [0, 0.1) is 0 Å². The fourth-order valence-electron chi connectivity index (χ4n) is 1.57. The van der Waals surface area contributed by atoms with Crippen molar-refractivity contribution in [3.63, 3.8) is 0 Å². The number of likely N-dealkylation sites (N-methyl/N-ethyl adjacent to an activating group) is 1. The second-order valence-electron chi connectivity index (χ2n) is 3.39. The molecule has 1 aliphatic heterocycles. The topological polar surface area (TPSA) is 33.6 Å². The third-order valence-electron chi connectivity index (χ3n) is 2.27. The van der Waals surface area contributed by atoms with Gasteiger partial charge in [0.15, 0.2) is 0 Å². The molecule has 0 aromatic heterocycles. The Morgan fingerprint density at radius 2 is 2.21 bits per heavy atom. The van der Waals surface area contributed by atoms with Crippen molar-refractivity contribution in [3.05, 3.63) is 35.9 Å². The maximum atomic E-state index is 5.29. The zero-order valence-corrected chi connectivity index (χ0v) is 8.23. The first kappa shape index (κ1) is 9.21. The number of nitrogens with zero attached hydrogens (tertiary/aromatic N) is 1. The minimum absolute atomic E-state index is 0.190. The van der Waals surface area contributed by atoms with Gasteiger partial charge in [-0.15, -0.1) is 0 Å². The molecule has 14 heavy (non-hydrogen) atoms. The summed E-state index contributed by atoms with van der Waals surface area (Å²) in [5, 5.41) is 7.17. The Kier molecular flexibility index (Phi) is 2.79. The quantitative estimate of drug-likeness (QED) is 0.781. The highest BCUT2D eigenvalue weighted by Gasteiger charge is 2.20. The van der Waals surface area contributed by atoms with E-state index in [1.165, 1.54) is 0 Å². The van der Waals surface area contributed by atoms with Gasteiger partial charge in [-0.3, -0.25) is 0 Å². The summed E-state index contributed by atoms with van der Waals surface area (Å²) in [5.41, 5.74) is 2.21. The Hall–Kier alpha value is -1.35. The summed E-state index contributed by atoms with van der Waals surface area (Å²) in [6.45, 7) is 0.847. The molecule has 0 fully saturated rings. The third-order valence-corrected chi connectivity index (χ3v) is 2.27. The van der Waals surface area contributed by atoms with Crippen molar-refractivity contribution >= 4 is 5.71 Å². The van der Waals surface area contributed by atoms with E-state index in [2.05, 4.69) is 22.6 Å². The van der Waals surface area contributed by atoms with E-state index in [1.807, 2.05) is 25.2 Å². The molecule has 0 bridgehead atoms. The molecule has 0 aliphatic carbocycles. The van der Waals surface area contributed by atoms with E-state index in [4.69, 9.17) is 4.84 Å². The molecule has 1 heterocycles. The highest BCUT2D eigenvalue weighted by molar-refractivity contribution is 6.01. The first-order chi connectivity index (χ1) is 6.90. The minimum Gasteiger partial charge on any atom is -0.390 e. The molecule has 2 rings (SSSR count). The van der Waals surface area contributed by atoms with Crippen molar-refractivity contribution in [3.8, 4) is 0 Å². The molecule has 0 saturated heterocycles. The van der Waals surface area contributed by atoms with Crippen molar-refractivity contribution in [2.45, 2.75) is 12.5 Å².